The summed E-state index contributed by atoms with van der Waals surface area (Å²) < 4.78 is 26.1. The Hall–Kier alpha value is -0.780. The molecule has 0 saturated heterocycles. The van der Waals surface area contributed by atoms with Crippen molar-refractivity contribution in [3.8, 4) is 0 Å². The second kappa shape index (κ2) is 6.41. The van der Waals surface area contributed by atoms with Crippen LogP contribution in [0, 0.1) is 6.92 Å². The van der Waals surface area contributed by atoms with Crippen molar-refractivity contribution in [1.29, 1.82) is 0 Å². The van der Waals surface area contributed by atoms with E-state index in [0.29, 0.717) is 17.3 Å². The van der Waals surface area contributed by atoms with Crippen LogP contribution in [0.15, 0.2) is 18.2 Å². The first kappa shape index (κ1) is 15.3. The van der Waals surface area contributed by atoms with Gasteiger partial charge in [-0.05, 0) is 24.6 Å². The predicted octanol–water partition coefficient (Wildman–Crippen LogP) is 2.39. The van der Waals surface area contributed by atoms with E-state index in [-0.39, 0.29) is 11.8 Å². The van der Waals surface area contributed by atoms with Gasteiger partial charge in [-0.15, -0.1) is 0 Å². The van der Waals surface area contributed by atoms with Crippen molar-refractivity contribution in [3.05, 3.63) is 28.8 Å². The van der Waals surface area contributed by atoms with E-state index in [1.54, 1.807) is 18.2 Å². The summed E-state index contributed by atoms with van der Waals surface area (Å²) in [6.45, 7) is 6.24. The number of rotatable bonds is 6. The molecule has 0 heterocycles. The third-order valence-electron chi connectivity index (χ3n) is 2.37. The molecule has 0 bridgehead atoms. The minimum absolute atomic E-state index is 0.0384. The topological polar surface area (TPSA) is 58.2 Å². The molecule has 4 nitrogen and oxygen atoms in total. The van der Waals surface area contributed by atoms with Gasteiger partial charge in [-0.25, -0.2) is 8.42 Å². The average Bonchev–Trinajstić information content (AvgIpc) is 2.22. The zero-order valence-corrected chi connectivity index (χ0v) is 12.4. The molecule has 102 valence electrons. The fourth-order valence-electron chi connectivity index (χ4n) is 1.37. The number of hydrogen-bond acceptors (Lipinski definition) is 3. The fourth-order valence-corrected chi connectivity index (χ4v) is 2.52. The van der Waals surface area contributed by atoms with Crippen molar-refractivity contribution in [1.82, 2.24) is 5.32 Å². The minimum atomic E-state index is -3.33. The molecule has 0 atom stereocenters. The molecular formula is C12H19ClN2O2S. The van der Waals surface area contributed by atoms with E-state index in [2.05, 4.69) is 10.0 Å². The van der Waals surface area contributed by atoms with Crippen molar-refractivity contribution >= 4 is 27.3 Å². The van der Waals surface area contributed by atoms with Crippen molar-refractivity contribution < 1.29 is 8.42 Å². The van der Waals surface area contributed by atoms with E-state index >= 15 is 0 Å². The number of sulfonamides is 1. The summed E-state index contributed by atoms with van der Waals surface area (Å²) in [6.07, 6.45) is 0. The number of benzene rings is 1. The molecule has 0 fully saturated rings. The molecule has 1 aromatic carbocycles. The van der Waals surface area contributed by atoms with Crippen LogP contribution in [-0.4, -0.2) is 26.8 Å². The highest BCUT2D eigenvalue weighted by atomic mass is 35.5. The fraction of sp³-hybridized carbons (Fsp3) is 0.500. The molecule has 0 saturated carbocycles. The van der Waals surface area contributed by atoms with E-state index in [9.17, 15) is 8.42 Å². The Morgan fingerprint density at radius 2 is 2.00 bits per heavy atom. The van der Waals surface area contributed by atoms with Crippen LogP contribution in [0.4, 0.5) is 5.69 Å². The minimum Gasteiger partial charge on any atom is -0.313 e. The second-order valence-corrected chi connectivity index (χ2v) is 6.74. The third-order valence-corrected chi connectivity index (χ3v) is 4.06. The van der Waals surface area contributed by atoms with E-state index in [0.717, 1.165) is 5.56 Å². The first-order valence-electron chi connectivity index (χ1n) is 5.80. The quantitative estimate of drug-likeness (QED) is 0.846. The van der Waals surface area contributed by atoms with Gasteiger partial charge in [0.1, 0.15) is 0 Å². The number of hydrogen-bond donors (Lipinski definition) is 2. The molecule has 0 spiro atoms. The molecule has 0 amide bonds. The Bertz CT molecular complexity index is 501. The van der Waals surface area contributed by atoms with Crippen LogP contribution < -0.4 is 10.0 Å². The van der Waals surface area contributed by atoms with Crippen molar-refractivity contribution in [3.63, 3.8) is 0 Å². The van der Waals surface area contributed by atoms with E-state index in [1.807, 2.05) is 20.8 Å². The molecule has 6 heteroatoms. The monoisotopic (exact) mass is 290 g/mol. The van der Waals surface area contributed by atoms with Gasteiger partial charge in [-0.1, -0.05) is 31.5 Å². The summed E-state index contributed by atoms with van der Waals surface area (Å²) in [5.74, 6) is 0.0384. The first-order chi connectivity index (χ1) is 8.30. The normalized spacial score (nSPS) is 11.8. The highest BCUT2D eigenvalue weighted by molar-refractivity contribution is 7.92. The van der Waals surface area contributed by atoms with Crippen LogP contribution in [0.25, 0.3) is 0 Å². The van der Waals surface area contributed by atoms with Crippen molar-refractivity contribution in [2.75, 3.05) is 17.0 Å². The second-order valence-electron chi connectivity index (χ2n) is 4.49. The van der Waals surface area contributed by atoms with Gasteiger partial charge in [-0.2, -0.15) is 0 Å². The van der Waals surface area contributed by atoms with Gasteiger partial charge >= 0.3 is 0 Å². The smallest absolute Gasteiger partial charge is 0.233 e. The van der Waals surface area contributed by atoms with Crippen LogP contribution in [-0.2, 0) is 10.0 Å². The molecule has 1 rings (SSSR count). The lowest BCUT2D eigenvalue weighted by atomic mass is 10.2. The van der Waals surface area contributed by atoms with Crippen LogP contribution in [0.2, 0.25) is 5.02 Å². The summed E-state index contributed by atoms with van der Waals surface area (Å²) in [4.78, 5) is 0. The van der Waals surface area contributed by atoms with Gasteiger partial charge in [0, 0.05) is 23.3 Å². The lowest BCUT2D eigenvalue weighted by molar-refractivity contribution is 0.582. The molecule has 0 aliphatic heterocycles. The Morgan fingerprint density at radius 1 is 1.33 bits per heavy atom. The first-order valence-corrected chi connectivity index (χ1v) is 7.83. The number of nitrogens with one attached hydrogen (secondary N) is 2. The van der Waals surface area contributed by atoms with E-state index in [4.69, 9.17) is 11.6 Å². The molecule has 2 N–H and O–H groups in total. The van der Waals surface area contributed by atoms with Gasteiger partial charge in [0.25, 0.3) is 0 Å². The van der Waals surface area contributed by atoms with Gasteiger partial charge in [0.2, 0.25) is 10.0 Å². The van der Waals surface area contributed by atoms with Gasteiger partial charge in [-0.3, -0.25) is 4.72 Å². The molecule has 0 aromatic heterocycles. The summed E-state index contributed by atoms with van der Waals surface area (Å²) in [7, 11) is -3.33. The van der Waals surface area contributed by atoms with Crippen LogP contribution >= 0.6 is 11.6 Å². The largest absolute Gasteiger partial charge is 0.313 e. The average molecular weight is 291 g/mol. The van der Waals surface area contributed by atoms with Crippen LogP contribution in [0.5, 0.6) is 0 Å². The molecule has 0 aliphatic carbocycles. The molecule has 0 aliphatic rings. The maximum Gasteiger partial charge on any atom is 0.233 e. The van der Waals surface area contributed by atoms with Crippen LogP contribution in [0.1, 0.15) is 19.4 Å². The SMILES string of the molecule is Cc1ccc(NS(=O)(=O)CCNC(C)C)cc1Cl. The maximum atomic E-state index is 11.8. The zero-order chi connectivity index (χ0) is 13.8. The highest BCUT2D eigenvalue weighted by Gasteiger charge is 2.10. The molecule has 0 unspecified atom stereocenters. The Balaban J connectivity index is 2.62. The Kier molecular flexibility index (Phi) is 5.44. The summed E-state index contributed by atoms with van der Waals surface area (Å²) in [6, 6.07) is 5.37. The number of halogens is 1. The number of anilines is 1. The maximum absolute atomic E-state index is 11.8. The van der Waals surface area contributed by atoms with Crippen LogP contribution in [0.3, 0.4) is 0 Å². The third kappa shape index (κ3) is 5.25. The van der Waals surface area contributed by atoms with Crippen molar-refractivity contribution in [2.24, 2.45) is 0 Å². The molecule has 18 heavy (non-hydrogen) atoms. The van der Waals surface area contributed by atoms with E-state index in [1.165, 1.54) is 0 Å². The number of aryl methyl sites for hydroxylation is 1. The van der Waals surface area contributed by atoms with Gasteiger partial charge in [0.15, 0.2) is 0 Å². The summed E-state index contributed by atoms with van der Waals surface area (Å²) in [5, 5.41) is 3.61. The summed E-state index contributed by atoms with van der Waals surface area (Å²) >= 11 is 5.94. The van der Waals surface area contributed by atoms with Gasteiger partial charge in [0.05, 0.1) is 5.75 Å². The highest BCUT2D eigenvalue weighted by Crippen LogP contribution is 2.20. The Labute approximate surface area is 114 Å². The standard InChI is InChI=1S/C12H19ClN2O2S/c1-9(2)14-6-7-18(16,17)15-11-5-4-10(3)12(13)8-11/h4-5,8-9,14-15H,6-7H2,1-3H3. The predicted molar refractivity (Wildman–Crippen MR) is 76.7 cm³/mol. The molecular weight excluding hydrogens is 272 g/mol. The van der Waals surface area contributed by atoms with Gasteiger partial charge < -0.3 is 5.32 Å². The van der Waals surface area contributed by atoms with E-state index < -0.39 is 10.0 Å². The molecule has 0 radical (unpaired) electrons. The van der Waals surface area contributed by atoms with Crippen molar-refractivity contribution in [2.45, 2.75) is 26.8 Å². The molecule has 1 aromatic rings. The lowest BCUT2D eigenvalue weighted by Crippen LogP contribution is -2.30. The summed E-state index contributed by atoms with van der Waals surface area (Å²) in [5.41, 5.74) is 1.41. The zero-order valence-electron chi connectivity index (χ0n) is 10.8. The lowest BCUT2D eigenvalue weighted by Gasteiger charge is -2.11. The Morgan fingerprint density at radius 3 is 2.56 bits per heavy atom.